The van der Waals surface area contributed by atoms with E-state index in [0.717, 1.165) is 0 Å². The number of rotatable bonds is 6. The zero-order chi connectivity index (χ0) is 22.7. The second-order valence-corrected chi connectivity index (χ2v) is 7.34. The zero-order valence-corrected chi connectivity index (χ0v) is 16.7. The molecule has 0 aromatic carbocycles. The van der Waals surface area contributed by atoms with E-state index in [-0.39, 0.29) is 25.7 Å². The van der Waals surface area contributed by atoms with Crippen molar-refractivity contribution in [2.45, 2.75) is 25.7 Å². The molecule has 0 radical (unpaired) electrons. The first kappa shape index (κ1) is 21.1. The molecule has 164 valence electrons. The Labute approximate surface area is 181 Å². The topological polar surface area (TPSA) is 136 Å². The first-order valence-electron chi connectivity index (χ1n) is 9.85. The second-order valence-electron chi connectivity index (χ2n) is 7.34. The lowest BCUT2D eigenvalue weighted by atomic mass is 10.0. The van der Waals surface area contributed by atoms with Crippen molar-refractivity contribution in [2.75, 3.05) is 0 Å². The van der Waals surface area contributed by atoms with Crippen LogP contribution >= 0.6 is 0 Å². The van der Waals surface area contributed by atoms with Crippen LogP contribution in [0.1, 0.15) is 24.2 Å². The Morgan fingerprint density at radius 3 is 1.59 bits per heavy atom. The summed E-state index contributed by atoms with van der Waals surface area (Å²) in [6.45, 7) is 0. The van der Waals surface area contributed by atoms with Gasteiger partial charge in [0.2, 0.25) is 0 Å². The van der Waals surface area contributed by atoms with Gasteiger partial charge in [-0.3, -0.25) is 38.8 Å². The standard InChI is InChI=1S/C21H18N4O7/c26-17-11-13(9-15-5-1-3-7-22-15)19(28)24(17)31-21(30)32-25-18(27)12-14(20(25)29)10-16-6-2-4-8-23-16/h1-8,13-14H,9-12H2. The molecule has 32 heavy (non-hydrogen) atoms. The molecule has 2 aliphatic rings. The first-order valence-corrected chi connectivity index (χ1v) is 9.85. The van der Waals surface area contributed by atoms with Crippen molar-refractivity contribution in [2.24, 2.45) is 11.8 Å². The molecule has 0 spiro atoms. The third kappa shape index (κ3) is 4.46. The molecule has 2 fully saturated rings. The highest BCUT2D eigenvalue weighted by Gasteiger charge is 2.45. The number of carbonyl (C=O) groups excluding carboxylic acids is 5. The van der Waals surface area contributed by atoms with E-state index in [1.54, 1.807) is 48.8 Å². The maximum Gasteiger partial charge on any atom is 0.560 e. The minimum atomic E-state index is -1.54. The van der Waals surface area contributed by atoms with Crippen molar-refractivity contribution in [3.05, 3.63) is 60.2 Å². The van der Waals surface area contributed by atoms with Crippen LogP contribution < -0.4 is 0 Å². The lowest BCUT2D eigenvalue weighted by Gasteiger charge is -2.16. The van der Waals surface area contributed by atoms with Crippen LogP contribution in [0.3, 0.4) is 0 Å². The van der Waals surface area contributed by atoms with Crippen LogP contribution in [-0.4, -0.2) is 49.9 Å². The van der Waals surface area contributed by atoms with E-state index in [0.29, 0.717) is 21.5 Å². The third-order valence-electron chi connectivity index (χ3n) is 5.09. The number of aromatic nitrogens is 2. The van der Waals surface area contributed by atoms with Crippen molar-refractivity contribution in [1.82, 2.24) is 20.1 Å². The summed E-state index contributed by atoms with van der Waals surface area (Å²) in [6, 6.07) is 10.4. The summed E-state index contributed by atoms with van der Waals surface area (Å²) < 4.78 is 0. The summed E-state index contributed by atoms with van der Waals surface area (Å²) in [6.07, 6.45) is 1.63. The summed E-state index contributed by atoms with van der Waals surface area (Å²) in [5.41, 5.74) is 1.21. The Balaban J connectivity index is 1.34. The molecule has 4 heterocycles. The van der Waals surface area contributed by atoms with E-state index < -0.39 is 41.6 Å². The Morgan fingerprint density at radius 1 is 0.781 bits per heavy atom. The minimum Gasteiger partial charge on any atom is -0.293 e. The molecular formula is C21H18N4O7. The number of hydrogen-bond donors (Lipinski definition) is 0. The van der Waals surface area contributed by atoms with Gasteiger partial charge in [-0.15, -0.1) is 0 Å². The lowest BCUT2D eigenvalue weighted by Crippen LogP contribution is -2.39. The van der Waals surface area contributed by atoms with Crippen molar-refractivity contribution in [1.29, 1.82) is 0 Å². The fraction of sp³-hybridized carbons (Fsp3) is 0.286. The summed E-state index contributed by atoms with van der Waals surface area (Å²) in [4.78, 5) is 79.0. The van der Waals surface area contributed by atoms with Crippen LogP contribution in [0.15, 0.2) is 48.8 Å². The van der Waals surface area contributed by atoms with Gasteiger partial charge >= 0.3 is 6.16 Å². The van der Waals surface area contributed by atoms with Gasteiger partial charge in [-0.2, -0.15) is 4.79 Å². The molecule has 2 aromatic heterocycles. The molecule has 2 saturated heterocycles. The number of imide groups is 2. The summed E-state index contributed by atoms with van der Waals surface area (Å²) >= 11 is 0. The third-order valence-corrected chi connectivity index (χ3v) is 5.09. The van der Waals surface area contributed by atoms with Crippen LogP contribution in [0.25, 0.3) is 0 Å². The number of nitrogens with zero attached hydrogens (tertiary/aromatic N) is 4. The van der Waals surface area contributed by atoms with Crippen LogP contribution in [0, 0.1) is 11.8 Å². The molecule has 0 aliphatic carbocycles. The van der Waals surface area contributed by atoms with E-state index in [2.05, 4.69) is 9.97 Å². The van der Waals surface area contributed by atoms with Gasteiger partial charge in [-0.1, -0.05) is 22.3 Å². The Hall–Kier alpha value is -4.15. The quantitative estimate of drug-likeness (QED) is 0.605. The molecule has 0 bridgehead atoms. The largest absolute Gasteiger partial charge is 0.560 e. The minimum absolute atomic E-state index is 0.170. The van der Waals surface area contributed by atoms with E-state index in [1.165, 1.54) is 0 Å². The number of hydroxylamine groups is 4. The lowest BCUT2D eigenvalue weighted by molar-refractivity contribution is -0.199. The van der Waals surface area contributed by atoms with Gasteiger partial charge in [-0.25, -0.2) is 0 Å². The first-order chi connectivity index (χ1) is 15.4. The van der Waals surface area contributed by atoms with Gasteiger partial charge < -0.3 is 0 Å². The average molecular weight is 438 g/mol. The fourth-order valence-corrected chi connectivity index (χ4v) is 3.56. The molecule has 0 saturated carbocycles. The van der Waals surface area contributed by atoms with E-state index in [1.807, 2.05) is 0 Å². The average Bonchev–Trinajstić information content (AvgIpc) is 3.19. The highest BCUT2D eigenvalue weighted by Crippen LogP contribution is 2.26. The van der Waals surface area contributed by atoms with Gasteiger partial charge in [0.15, 0.2) is 0 Å². The normalized spacial score (nSPS) is 20.8. The predicted molar refractivity (Wildman–Crippen MR) is 103 cm³/mol. The number of carbonyl (C=O) groups is 5. The molecule has 0 N–H and O–H groups in total. The van der Waals surface area contributed by atoms with Crippen LogP contribution in [-0.2, 0) is 41.7 Å². The van der Waals surface area contributed by atoms with Crippen molar-refractivity contribution in [3.63, 3.8) is 0 Å². The summed E-state index contributed by atoms with van der Waals surface area (Å²) in [5.74, 6) is -4.43. The molecule has 2 unspecified atom stereocenters. The fourth-order valence-electron chi connectivity index (χ4n) is 3.56. The smallest absolute Gasteiger partial charge is 0.293 e. The summed E-state index contributed by atoms with van der Waals surface area (Å²) in [7, 11) is 0. The van der Waals surface area contributed by atoms with E-state index >= 15 is 0 Å². The van der Waals surface area contributed by atoms with Crippen LogP contribution in [0.5, 0.6) is 0 Å². The van der Waals surface area contributed by atoms with Crippen LogP contribution in [0.2, 0.25) is 0 Å². The van der Waals surface area contributed by atoms with E-state index in [4.69, 9.17) is 9.68 Å². The molecule has 4 rings (SSSR count). The molecule has 11 nitrogen and oxygen atoms in total. The maximum absolute atomic E-state index is 12.5. The van der Waals surface area contributed by atoms with Gasteiger partial charge in [0, 0.05) is 49.5 Å². The molecular weight excluding hydrogens is 420 g/mol. The Morgan fingerprint density at radius 2 is 1.22 bits per heavy atom. The molecule has 2 atom stereocenters. The predicted octanol–water partition coefficient (Wildman–Crippen LogP) is 0.995. The van der Waals surface area contributed by atoms with Gasteiger partial charge in [-0.05, 0) is 24.3 Å². The maximum atomic E-state index is 12.5. The molecule has 4 amide bonds. The summed E-state index contributed by atoms with van der Waals surface area (Å²) in [5, 5.41) is 0.596. The van der Waals surface area contributed by atoms with Gasteiger partial charge in [0.05, 0.1) is 11.8 Å². The van der Waals surface area contributed by atoms with E-state index in [9.17, 15) is 24.0 Å². The van der Waals surface area contributed by atoms with Gasteiger partial charge in [0.1, 0.15) is 0 Å². The number of hydrogen-bond acceptors (Lipinski definition) is 9. The van der Waals surface area contributed by atoms with Crippen molar-refractivity contribution >= 4 is 29.8 Å². The monoisotopic (exact) mass is 438 g/mol. The van der Waals surface area contributed by atoms with Gasteiger partial charge in [0.25, 0.3) is 23.6 Å². The van der Waals surface area contributed by atoms with Crippen molar-refractivity contribution in [3.8, 4) is 0 Å². The number of amides is 4. The molecule has 11 heteroatoms. The Bertz CT molecular complexity index is 977. The molecule has 2 aromatic rings. The Kier molecular flexibility index (Phi) is 5.88. The highest BCUT2D eigenvalue weighted by molar-refractivity contribution is 6.04. The number of pyridine rings is 2. The zero-order valence-electron chi connectivity index (χ0n) is 16.7. The SMILES string of the molecule is O=C(ON1C(=O)CC(Cc2ccccn2)C1=O)ON1C(=O)CC(Cc2ccccn2)C1=O. The highest BCUT2D eigenvalue weighted by atomic mass is 16.9. The second kappa shape index (κ2) is 8.92. The molecule has 2 aliphatic heterocycles. The van der Waals surface area contributed by atoms with Crippen molar-refractivity contribution < 1.29 is 33.6 Å². The van der Waals surface area contributed by atoms with Crippen LogP contribution in [0.4, 0.5) is 4.79 Å².